The van der Waals surface area contributed by atoms with Gasteiger partial charge in [0.15, 0.2) is 5.69 Å². The van der Waals surface area contributed by atoms with Gasteiger partial charge in [-0.1, -0.05) is 16.8 Å². The van der Waals surface area contributed by atoms with Gasteiger partial charge < -0.3 is 10.6 Å². The van der Waals surface area contributed by atoms with Gasteiger partial charge in [-0.3, -0.25) is 9.48 Å². The van der Waals surface area contributed by atoms with E-state index in [2.05, 4.69) is 20.9 Å². The van der Waals surface area contributed by atoms with Crippen LogP contribution in [0.15, 0.2) is 29.8 Å². The molecule has 2 aromatic heterocycles. The highest BCUT2D eigenvalue weighted by Gasteiger charge is 2.16. The molecule has 1 atom stereocenters. The molecule has 1 unspecified atom stereocenters. The predicted octanol–water partition coefficient (Wildman–Crippen LogP) is 3.08. The van der Waals surface area contributed by atoms with E-state index in [0.717, 1.165) is 35.3 Å². The van der Waals surface area contributed by atoms with Crippen LogP contribution in [0.5, 0.6) is 0 Å². The van der Waals surface area contributed by atoms with Crippen LogP contribution < -0.4 is 10.6 Å². The molecular weight excluding hydrogens is 370 g/mol. The van der Waals surface area contributed by atoms with Crippen molar-refractivity contribution in [2.45, 2.75) is 25.9 Å². The standard InChI is InChI=1S/C18H20ClN5OS/c19-14-3-4-17-15(6-14)13(11-26-17)8-21-18(25)16-10-24(23-22-16)9-12-2-1-5-20-7-12/h3-4,6,10-12,20H,1-2,5,7-9H2,(H,21,25). The molecule has 1 saturated heterocycles. The fourth-order valence-electron chi connectivity index (χ4n) is 3.29. The Kier molecular flexibility index (Phi) is 5.19. The Bertz CT molecular complexity index is 915. The molecular formula is C18H20ClN5OS. The molecule has 1 aliphatic rings. The summed E-state index contributed by atoms with van der Waals surface area (Å²) in [5.41, 5.74) is 1.41. The molecule has 1 fully saturated rings. The minimum atomic E-state index is -0.209. The lowest BCUT2D eigenvalue weighted by molar-refractivity contribution is 0.0946. The van der Waals surface area contributed by atoms with Gasteiger partial charge in [0.25, 0.3) is 5.91 Å². The normalized spacial score (nSPS) is 17.5. The number of nitrogens with one attached hydrogen (secondary N) is 2. The number of nitrogens with zero attached hydrogens (tertiary/aromatic N) is 3. The Labute approximate surface area is 160 Å². The van der Waals surface area contributed by atoms with E-state index in [1.807, 2.05) is 23.6 Å². The van der Waals surface area contributed by atoms with Crippen LogP contribution >= 0.6 is 22.9 Å². The van der Waals surface area contributed by atoms with Gasteiger partial charge in [-0.2, -0.15) is 0 Å². The van der Waals surface area contributed by atoms with Crippen LogP contribution in [-0.2, 0) is 13.1 Å². The lowest BCUT2D eigenvalue weighted by Gasteiger charge is -2.22. The topological polar surface area (TPSA) is 71.8 Å². The zero-order valence-electron chi connectivity index (χ0n) is 14.2. The second-order valence-corrected chi connectivity index (χ2v) is 7.97. The minimum Gasteiger partial charge on any atom is -0.346 e. The van der Waals surface area contributed by atoms with Crippen LogP contribution in [0.25, 0.3) is 10.1 Å². The molecule has 2 N–H and O–H groups in total. The Morgan fingerprint density at radius 1 is 1.46 bits per heavy atom. The molecule has 136 valence electrons. The van der Waals surface area contributed by atoms with Gasteiger partial charge >= 0.3 is 0 Å². The second kappa shape index (κ2) is 7.73. The van der Waals surface area contributed by atoms with Crippen molar-refractivity contribution in [3.63, 3.8) is 0 Å². The first-order valence-corrected chi connectivity index (χ1v) is 9.99. The molecule has 3 heterocycles. The Balaban J connectivity index is 1.38. The lowest BCUT2D eigenvalue weighted by atomic mass is 10.00. The maximum atomic E-state index is 12.4. The number of hydrogen-bond donors (Lipinski definition) is 2. The summed E-state index contributed by atoms with van der Waals surface area (Å²) >= 11 is 7.73. The van der Waals surface area contributed by atoms with E-state index >= 15 is 0 Å². The number of carbonyl (C=O) groups excluding carboxylic acids is 1. The maximum absolute atomic E-state index is 12.4. The van der Waals surface area contributed by atoms with Crippen LogP contribution in [0.1, 0.15) is 28.9 Å². The molecule has 26 heavy (non-hydrogen) atoms. The number of thiophene rings is 1. The number of rotatable bonds is 5. The summed E-state index contributed by atoms with van der Waals surface area (Å²) in [5, 5.41) is 18.3. The Hall–Kier alpha value is -1.96. The summed E-state index contributed by atoms with van der Waals surface area (Å²) in [4.78, 5) is 12.4. The number of hydrogen-bond acceptors (Lipinski definition) is 5. The van der Waals surface area contributed by atoms with Gasteiger partial charge in [0.2, 0.25) is 0 Å². The molecule has 0 aliphatic carbocycles. The number of piperidine rings is 1. The first-order valence-electron chi connectivity index (χ1n) is 8.74. The highest BCUT2D eigenvalue weighted by molar-refractivity contribution is 7.17. The van der Waals surface area contributed by atoms with Gasteiger partial charge in [-0.05, 0) is 66.4 Å². The molecule has 4 rings (SSSR count). The molecule has 1 aliphatic heterocycles. The minimum absolute atomic E-state index is 0.209. The van der Waals surface area contributed by atoms with E-state index in [9.17, 15) is 4.79 Å². The van der Waals surface area contributed by atoms with Crippen LogP contribution in [-0.4, -0.2) is 34.0 Å². The van der Waals surface area contributed by atoms with Gasteiger partial charge in [0, 0.05) is 22.8 Å². The van der Waals surface area contributed by atoms with Crippen molar-refractivity contribution < 1.29 is 4.79 Å². The van der Waals surface area contributed by atoms with E-state index in [0.29, 0.717) is 23.2 Å². The predicted molar refractivity (Wildman–Crippen MR) is 104 cm³/mol. The Morgan fingerprint density at radius 2 is 2.38 bits per heavy atom. The molecule has 0 saturated carbocycles. The quantitative estimate of drug-likeness (QED) is 0.703. The first kappa shape index (κ1) is 17.5. The summed E-state index contributed by atoms with van der Waals surface area (Å²) in [5.74, 6) is 0.336. The molecule has 6 nitrogen and oxygen atoms in total. The highest BCUT2D eigenvalue weighted by Crippen LogP contribution is 2.28. The third-order valence-corrected chi connectivity index (χ3v) is 5.92. The number of aromatic nitrogens is 3. The summed E-state index contributed by atoms with van der Waals surface area (Å²) < 4.78 is 2.93. The molecule has 3 aromatic rings. The number of benzene rings is 1. The molecule has 0 spiro atoms. The van der Waals surface area contributed by atoms with E-state index in [-0.39, 0.29) is 5.91 Å². The average molecular weight is 390 g/mol. The number of fused-ring (bicyclic) bond motifs is 1. The lowest BCUT2D eigenvalue weighted by Crippen LogP contribution is -2.32. The molecule has 1 aromatic carbocycles. The van der Waals surface area contributed by atoms with Crippen LogP contribution in [0, 0.1) is 5.92 Å². The van der Waals surface area contributed by atoms with Crippen molar-refractivity contribution in [3.05, 3.63) is 46.1 Å². The summed E-state index contributed by atoms with van der Waals surface area (Å²) in [7, 11) is 0. The SMILES string of the molecule is O=C(NCc1csc2ccc(Cl)cc12)c1cn(CC2CCCNC2)nn1. The first-order chi connectivity index (χ1) is 12.7. The molecule has 0 bridgehead atoms. The van der Waals surface area contributed by atoms with E-state index in [4.69, 9.17) is 11.6 Å². The second-order valence-electron chi connectivity index (χ2n) is 6.62. The fourth-order valence-corrected chi connectivity index (χ4v) is 4.41. The van der Waals surface area contributed by atoms with Crippen molar-refractivity contribution in [1.29, 1.82) is 0 Å². The highest BCUT2D eigenvalue weighted by atomic mass is 35.5. The number of amides is 1. The number of halogens is 1. The van der Waals surface area contributed by atoms with Crippen LogP contribution in [0.2, 0.25) is 5.02 Å². The maximum Gasteiger partial charge on any atom is 0.273 e. The molecule has 0 radical (unpaired) electrons. The Morgan fingerprint density at radius 3 is 3.23 bits per heavy atom. The van der Waals surface area contributed by atoms with Gasteiger partial charge in [-0.25, -0.2) is 0 Å². The van der Waals surface area contributed by atoms with Crippen molar-refractivity contribution in [3.8, 4) is 0 Å². The van der Waals surface area contributed by atoms with E-state index in [1.54, 1.807) is 22.2 Å². The van der Waals surface area contributed by atoms with Crippen molar-refractivity contribution >= 4 is 38.9 Å². The monoisotopic (exact) mass is 389 g/mol. The van der Waals surface area contributed by atoms with E-state index in [1.165, 1.54) is 12.8 Å². The third-order valence-electron chi connectivity index (χ3n) is 4.67. The van der Waals surface area contributed by atoms with Gasteiger partial charge in [0.1, 0.15) is 0 Å². The van der Waals surface area contributed by atoms with Gasteiger partial charge in [0.05, 0.1) is 6.20 Å². The summed E-state index contributed by atoms with van der Waals surface area (Å²) in [6.07, 6.45) is 4.10. The van der Waals surface area contributed by atoms with E-state index < -0.39 is 0 Å². The summed E-state index contributed by atoms with van der Waals surface area (Å²) in [6.45, 7) is 3.32. The zero-order chi connectivity index (χ0) is 17.9. The van der Waals surface area contributed by atoms with Gasteiger partial charge in [-0.15, -0.1) is 16.4 Å². The van der Waals surface area contributed by atoms with Crippen molar-refractivity contribution in [2.75, 3.05) is 13.1 Å². The fraction of sp³-hybridized carbons (Fsp3) is 0.389. The molecule has 8 heteroatoms. The third kappa shape index (κ3) is 3.90. The van der Waals surface area contributed by atoms with Crippen molar-refractivity contribution in [1.82, 2.24) is 25.6 Å². The number of carbonyl (C=O) groups is 1. The van der Waals surface area contributed by atoms with Crippen LogP contribution in [0.4, 0.5) is 0 Å². The smallest absolute Gasteiger partial charge is 0.273 e. The largest absolute Gasteiger partial charge is 0.346 e. The average Bonchev–Trinajstić information content (AvgIpc) is 3.27. The molecule has 1 amide bonds. The van der Waals surface area contributed by atoms with Crippen LogP contribution in [0.3, 0.4) is 0 Å². The summed E-state index contributed by atoms with van der Waals surface area (Å²) in [6, 6.07) is 5.81. The van der Waals surface area contributed by atoms with Crippen molar-refractivity contribution in [2.24, 2.45) is 5.92 Å². The zero-order valence-corrected chi connectivity index (χ0v) is 15.8.